The van der Waals surface area contributed by atoms with Crippen molar-refractivity contribution in [3.8, 4) is 0 Å². The van der Waals surface area contributed by atoms with Gasteiger partial charge in [-0.2, -0.15) is 0 Å². The molecule has 2 unspecified atom stereocenters. The highest BCUT2D eigenvalue weighted by atomic mass is 31.2. The Morgan fingerprint density at radius 2 is 0.789 bits per heavy atom. The minimum atomic E-state index is -4.74. The van der Waals surface area contributed by atoms with E-state index in [0.717, 1.165) is 38.5 Å². The lowest BCUT2D eigenvalue weighted by molar-refractivity contribution is -0.147. The molecule has 23 nitrogen and oxygen atoms in total. The van der Waals surface area contributed by atoms with Crippen LogP contribution in [0.5, 0.6) is 0 Å². The molecule has 0 spiro atoms. The number of urea groups is 1. The number of phosphoric ester groups is 2. The molecule has 0 aromatic carbocycles. The smallest absolute Gasteiger partial charge is 0.463 e. The predicted molar refractivity (Wildman–Crippen MR) is 285 cm³/mol. The molecule has 76 heavy (non-hydrogen) atoms. The van der Waals surface area contributed by atoms with E-state index < -0.39 is 96.1 Å². The molecule has 0 saturated heterocycles. The van der Waals surface area contributed by atoms with Gasteiger partial charge in [-0.15, -0.1) is 0 Å². The number of hydrogen-bond donors (Lipinski definition) is 6. The number of carbonyl (C=O) groups excluding carboxylic acids is 7. The van der Waals surface area contributed by atoms with Crippen LogP contribution in [0.3, 0.4) is 0 Å². The predicted octanol–water partition coefficient (Wildman–Crippen LogP) is 8.00. The van der Waals surface area contributed by atoms with Gasteiger partial charge in [0.2, 0.25) is 11.8 Å². The number of amides is 4. The Labute approximate surface area is 452 Å². The summed E-state index contributed by atoms with van der Waals surface area (Å²) in [6.07, 6.45) is 19.0. The lowest BCUT2D eigenvalue weighted by Gasteiger charge is -2.21. The molecule has 0 aromatic heterocycles. The highest BCUT2D eigenvalue weighted by Gasteiger charge is 2.27. The summed E-state index contributed by atoms with van der Waals surface area (Å²) in [5.74, 6) is -2.62. The summed E-state index contributed by atoms with van der Waals surface area (Å²) in [5, 5.41) is 9.94. The van der Waals surface area contributed by atoms with E-state index in [1.54, 1.807) is 13.8 Å². The molecule has 0 radical (unpaired) electrons. The molecule has 444 valence electrons. The number of unbranched alkanes of at least 4 members (excludes halogenated alkanes) is 16. The van der Waals surface area contributed by atoms with E-state index in [9.17, 15) is 52.5 Å². The van der Waals surface area contributed by atoms with Crippen molar-refractivity contribution in [3.63, 3.8) is 0 Å². The number of carbonyl (C=O) groups is 7. The highest BCUT2D eigenvalue weighted by molar-refractivity contribution is 7.47. The van der Waals surface area contributed by atoms with Crippen molar-refractivity contribution in [3.05, 3.63) is 0 Å². The van der Waals surface area contributed by atoms with Crippen molar-refractivity contribution < 1.29 is 89.5 Å². The summed E-state index contributed by atoms with van der Waals surface area (Å²) in [6, 6.07) is -2.73. The van der Waals surface area contributed by atoms with E-state index in [1.807, 2.05) is 0 Å². The Hall–Kier alpha value is -3.37. The first kappa shape index (κ1) is 72.6. The third kappa shape index (κ3) is 47.8. The zero-order valence-electron chi connectivity index (χ0n) is 46.6. The van der Waals surface area contributed by atoms with E-state index >= 15 is 0 Å². The van der Waals surface area contributed by atoms with E-state index in [4.69, 9.17) is 37.0 Å². The summed E-state index contributed by atoms with van der Waals surface area (Å²) >= 11 is 0. The molecule has 0 heterocycles. The van der Waals surface area contributed by atoms with E-state index in [2.05, 4.69) is 35.1 Å². The first-order valence-corrected chi connectivity index (χ1v) is 30.5. The van der Waals surface area contributed by atoms with Gasteiger partial charge in [-0.25, -0.2) is 13.9 Å². The second kappa shape index (κ2) is 46.5. The first-order valence-electron chi connectivity index (χ1n) is 27.5. The quantitative estimate of drug-likeness (QED) is 0.0145. The Morgan fingerprint density at radius 3 is 1.12 bits per heavy atom. The number of ketones is 2. The maximum Gasteiger partial charge on any atom is 0.472 e. The van der Waals surface area contributed by atoms with Crippen LogP contribution >= 0.6 is 15.6 Å². The lowest BCUT2D eigenvalue weighted by atomic mass is 10.0. The van der Waals surface area contributed by atoms with Crippen LogP contribution in [0.4, 0.5) is 4.79 Å². The molecule has 6 atom stereocenters. The van der Waals surface area contributed by atoms with Crippen molar-refractivity contribution in [1.29, 1.82) is 0 Å². The van der Waals surface area contributed by atoms with Crippen LogP contribution in [0.2, 0.25) is 0 Å². The summed E-state index contributed by atoms with van der Waals surface area (Å²) in [5.41, 5.74) is 0. The highest BCUT2D eigenvalue weighted by Crippen LogP contribution is 2.43. The van der Waals surface area contributed by atoms with Crippen LogP contribution in [0, 0.1) is 0 Å². The van der Waals surface area contributed by atoms with Crippen LogP contribution < -0.4 is 21.3 Å². The molecule has 0 aliphatic heterocycles. The van der Waals surface area contributed by atoms with Gasteiger partial charge in [0, 0.05) is 52.6 Å². The van der Waals surface area contributed by atoms with Gasteiger partial charge in [0.15, 0.2) is 0 Å². The summed E-state index contributed by atoms with van der Waals surface area (Å²) in [4.78, 5) is 106. The van der Waals surface area contributed by atoms with Crippen molar-refractivity contribution in [2.45, 2.75) is 220 Å². The largest absolute Gasteiger partial charge is 0.472 e. The van der Waals surface area contributed by atoms with E-state index in [1.165, 1.54) is 78.1 Å². The number of rotatable bonds is 52. The van der Waals surface area contributed by atoms with Crippen molar-refractivity contribution >= 4 is 57.0 Å². The molecule has 0 rings (SSSR count). The van der Waals surface area contributed by atoms with Gasteiger partial charge in [-0.3, -0.25) is 46.9 Å². The molecule has 25 heteroatoms. The van der Waals surface area contributed by atoms with Crippen LogP contribution in [-0.2, 0) is 74.9 Å². The van der Waals surface area contributed by atoms with Gasteiger partial charge in [0.1, 0.15) is 23.8 Å². The number of nitrogens with one attached hydrogen (secondary N) is 4. The topological polar surface area (TPSA) is 316 Å². The zero-order valence-corrected chi connectivity index (χ0v) is 48.4. The van der Waals surface area contributed by atoms with E-state index in [0.29, 0.717) is 25.7 Å². The number of phosphoric acid groups is 2. The van der Waals surface area contributed by atoms with Gasteiger partial charge in [-0.05, 0) is 26.7 Å². The summed E-state index contributed by atoms with van der Waals surface area (Å²) < 4.78 is 66.9. The van der Waals surface area contributed by atoms with Gasteiger partial charge < -0.3 is 50.0 Å². The molecule has 0 saturated carbocycles. The van der Waals surface area contributed by atoms with Gasteiger partial charge in [0.05, 0.1) is 77.8 Å². The third-order valence-corrected chi connectivity index (χ3v) is 13.4. The maximum absolute atomic E-state index is 12.8. The average Bonchev–Trinajstić information content (AvgIpc) is 3.33. The average molecular weight is 1130 g/mol. The normalized spacial score (nSPS) is 14.5. The second-order valence-corrected chi connectivity index (χ2v) is 22.0. The molecule has 0 aromatic rings. The Balaban J connectivity index is 4.93. The van der Waals surface area contributed by atoms with Crippen LogP contribution in [-0.4, -0.2) is 141 Å². The fourth-order valence-corrected chi connectivity index (χ4v) is 8.94. The molecule has 0 aliphatic rings. The number of esters is 2. The molecule has 6 N–H and O–H groups in total. The molecule has 0 aliphatic carbocycles. The van der Waals surface area contributed by atoms with Crippen LogP contribution in [0.1, 0.15) is 196 Å². The maximum atomic E-state index is 12.8. The second-order valence-electron chi connectivity index (χ2n) is 19.1. The minimum absolute atomic E-state index is 0.114. The van der Waals surface area contributed by atoms with Gasteiger partial charge in [-0.1, -0.05) is 117 Å². The molecule has 0 bridgehead atoms. The fourth-order valence-electron chi connectivity index (χ4n) is 7.41. The fraction of sp³-hybridized carbons (Fsp3) is 0.863. The minimum Gasteiger partial charge on any atom is -0.463 e. The van der Waals surface area contributed by atoms with Gasteiger partial charge >= 0.3 is 33.6 Å². The van der Waals surface area contributed by atoms with Crippen molar-refractivity contribution in [2.75, 3.05) is 65.9 Å². The Bertz CT molecular complexity index is 1590. The summed E-state index contributed by atoms with van der Waals surface area (Å²) in [6.45, 7) is 7.51. The van der Waals surface area contributed by atoms with Crippen molar-refractivity contribution in [2.24, 2.45) is 0 Å². The lowest BCUT2D eigenvalue weighted by Crippen LogP contribution is -2.42. The van der Waals surface area contributed by atoms with Crippen molar-refractivity contribution in [1.82, 2.24) is 21.3 Å². The number of hydrogen-bond acceptors (Lipinski definition) is 17. The standard InChI is InChI=1S/C51H96N4O19P2/c1-7-9-11-13-15-17-19-21-23-25-47(58)35-49(60)54-45(37-67-31-27-41(3)73-43(5)56)39-71-75(63,64)69-33-29-52-51(62)53-30-34-70-76(65,66)72-40-46(38-68-32-28-42(4)74-44(6)57)55-50(61)36-48(59)26-24-22-20-18-16-14-12-10-8-2/h41-42,45-46H,7-40H2,1-6H3,(H,54,60)(H,55,61)(H,63,64)(H,65,66)(H2,52,53,62)/t41-,42-,45-,46-/m1/s1. The Kier molecular flexibility index (Phi) is 44.5. The zero-order chi connectivity index (χ0) is 56.9. The Morgan fingerprint density at radius 1 is 0.461 bits per heavy atom. The van der Waals surface area contributed by atoms with E-state index in [-0.39, 0.29) is 76.8 Å². The van der Waals surface area contributed by atoms with Gasteiger partial charge in [0.25, 0.3) is 0 Å². The molecule has 0 fully saturated rings. The molecule has 4 amide bonds. The monoisotopic (exact) mass is 1130 g/mol. The van der Waals surface area contributed by atoms with Crippen LogP contribution in [0.15, 0.2) is 0 Å². The third-order valence-electron chi connectivity index (χ3n) is 11.4. The van der Waals surface area contributed by atoms with Crippen LogP contribution in [0.25, 0.3) is 0 Å². The number of ether oxygens (including phenoxy) is 4. The SMILES string of the molecule is CCCCCCCCCCCC(=O)CC(=O)N[C@H](COCC[C@@H](C)OC(C)=O)COP(=O)(O)OCCNC(=O)NCCOP(=O)(O)OC[C@@H](COCC[C@@H](C)OC(C)=O)NC(=O)CC(=O)CCCCCCCCCCC. The number of Topliss-reactive ketones (excluding diaryl/α,β-unsaturated/α-hetero) is 2. The summed E-state index contributed by atoms with van der Waals surface area (Å²) in [7, 11) is -9.48. The molecular weight excluding hydrogens is 1030 g/mol. The first-order chi connectivity index (χ1) is 36.2. The molecular formula is C51H96N4O19P2.